The lowest BCUT2D eigenvalue weighted by molar-refractivity contribution is 0.155. The minimum absolute atomic E-state index is 0.419. The van der Waals surface area contributed by atoms with E-state index < -0.39 is 0 Å². The van der Waals surface area contributed by atoms with Gasteiger partial charge in [0.25, 0.3) is 0 Å². The summed E-state index contributed by atoms with van der Waals surface area (Å²) >= 11 is 0. The van der Waals surface area contributed by atoms with Crippen LogP contribution in [-0.2, 0) is 13.0 Å². The number of ether oxygens (including phenoxy) is 1. The number of aryl methyl sites for hydroxylation is 1. The summed E-state index contributed by atoms with van der Waals surface area (Å²) in [7, 11) is 0. The first kappa shape index (κ1) is 16.7. The molecular formula is C23H29NO. The number of benzene rings is 2. The van der Waals surface area contributed by atoms with E-state index in [0.29, 0.717) is 12.1 Å². The van der Waals surface area contributed by atoms with E-state index in [-0.39, 0.29) is 0 Å². The Labute approximate surface area is 151 Å². The second-order valence-electron chi connectivity index (χ2n) is 7.55. The van der Waals surface area contributed by atoms with Crippen LogP contribution in [0.1, 0.15) is 67.7 Å². The van der Waals surface area contributed by atoms with Crippen molar-refractivity contribution in [2.75, 3.05) is 0 Å². The van der Waals surface area contributed by atoms with Crippen molar-refractivity contribution < 1.29 is 4.74 Å². The lowest BCUT2D eigenvalue weighted by atomic mass is 9.87. The number of hydrogen-bond donors (Lipinski definition) is 1. The lowest BCUT2D eigenvalue weighted by Crippen LogP contribution is -2.25. The molecule has 0 bridgehead atoms. The number of nitrogens with one attached hydrogen (secondary N) is 1. The fraction of sp³-hybridized carbons (Fsp3) is 0.478. The van der Waals surface area contributed by atoms with Gasteiger partial charge in [0, 0.05) is 12.6 Å². The molecule has 0 aromatic heterocycles. The van der Waals surface area contributed by atoms with E-state index in [9.17, 15) is 0 Å². The monoisotopic (exact) mass is 335 g/mol. The van der Waals surface area contributed by atoms with Crippen molar-refractivity contribution in [3.63, 3.8) is 0 Å². The Morgan fingerprint density at radius 3 is 2.68 bits per heavy atom. The van der Waals surface area contributed by atoms with Gasteiger partial charge in [0.1, 0.15) is 5.75 Å². The molecule has 0 amide bonds. The van der Waals surface area contributed by atoms with Gasteiger partial charge in [-0.1, -0.05) is 42.8 Å². The zero-order valence-corrected chi connectivity index (χ0v) is 15.0. The van der Waals surface area contributed by atoms with E-state index >= 15 is 0 Å². The van der Waals surface area contributed by atoms with Gasteiger partial charge in [-0.3, -0.25) is 0 Å². The van der Waals surface area contributed by atoms with Crippen molar-refractivity contribution in [3.05, 3.63) is 65.2 Å². The third kappa shape index (κ3) is 4.24. The van der Waals surface area contributed by atoms with Crippen molar-refractivity contribution in [3.8, 4) is 5.75 Å². The number of rotatable bonds is 5. The van der Waals surface area contributed by atoms with Crippen LogP contribution in [0.2, 0.25) is 0 Å². The Morgan fingerprint density at radius 1 is 0.880 bits per heavy atom. The predicted octanol–water partition coefficient (Wildman–Crippen LogP) is 5.57. The molecule has 2 aliphatic rings. The van der Waals surface area contributed by atoms with Gasteiger partial charge >= 0.3 is 0 Å². The second-order valence-corrected chi connectivity index (χ2v) is 7.55. The fourth-order valence-corrected chi connectivity index (χ4v) is 4.31. The Bertz CT molecular complexity index is 690. The highest BCUT2D eigenvalue weighted by Gasteiger charge is 2.19. The van der Waals surface area contributed by atoms with Crippen LogP contribution >= 0.6 is 0 Å². The second kappa shape index (κ2) is 8.05. The van der Waals surface area contributed by atoms with Gasteiger partial charge in [-0.05, 0) is 73.8 Å². The SMILES string of the molecule is c1cc(CN[C@H]2CCCc3ccccc32)cc(OC2CCCCC2)c1. The fourth-order valence-electron chi connectivity index (χ4n) is 4.31. The van der Waals surface area contributed by atoms with Gasteiger partial charge in [-0.25, -0.2) is 0 Å². The van der Waals surface area contributed by atoms with Crippen LogP contribution < -0.4 is 10.1 Å². The van der Waals surface area contributed by atoms with Gasteiger partial charge in [0.15, 0.2) is 0 Å². The van der Waals surface area contributed by atoms with E-state index in [0.717, 1.165) is 12.3 Å². The normalized spacial score (nSPS) is 20.9. The first-order valence-corrected chi connectivity index (χ1v) is 9.95. The standard InChI is InChI=1S/C23H29NO/c1-2-11-20(12-3-1)25-21-13-6-8-18(16-21)17-24-23-15-7-10-19-9-4-5-14-22(19)23/h4-6,8-9,13-14,16,20,23-24H,1-3,7,10-12,15,17H2/t23-/m0/s1. The van der Waals surface area contributed by atoms with E-state index in [2.05, 4.69) is 53.8 Å². The summed E-state index contributed by atoms with van der Waals surface area (Å²) in [5, 5.41) is 3.77. The van der Waals surface area contributed by atoms with E-state index in [1.807, 2.05) is 0 Å². The lowest BCUT2D eigenvalue weighted by Gasteiger charge is -2.27. The maximum absolute atomic E-state index is 6.22. The highest BCUT2D eigenvalue weighted by molar-refractivity contribution is 5.33. The summed E-state index contributed by atoms with van der Waals surface area (Å²) in [4.78, 5) is 0. The molecule has 0 saturated heterocycles. The van der Waals surface area contributed by atoms with E-state index in [1.165, 1.54) is 68.1 Å². The average molecular weight is 335 g/mol. The smallest absolute Gasteiger partial charge is 0.120 e. The minimum atomic E-state index is 0.419. The zero-order chi connectivity index (χ0) is 16.9. The molecule has 2 aliphatic carbocycles. The molecule has 25 heavy (non-hydrogen) atoms. The van der Waals surface area contributed by atoms with Crippen LogP contribution in [0.15, 0.2) is 48.5 Å². The zero-order valence-electron chi connectivity index (χ0n) is 15.0. The Morgan fingerprint density at radius 2 is 1.76 bits per heavy atom. The summed E-state index contributed by atoms with van der Waals surface area (Å²) < 4.78 is 6.22. The molecule has 1 saturated carbocycles. The molecule has 0 aliphatic heterocycles. The molecule has 2 heteroatoms. The van der Waals surface area contributed by atoms with E-state index in [4.69, 9.17) is 4.74 Å². The average Bonchev–Trinajstić information content (AvgIpc) is 2.67. The quantitative estimate of drug-likeness (QED) is 0.772. The highest BCUT2D eigenvalue weighted by atomic mass is 16.5. The molecule has 0 spiro atoms. The summed E-state index contributed by atoms with van der Waals surface area (Å²) in [6.45, 7) is 0.904. The first-order valence-electron chi connectivity index (χ1n) is 9.95. The third-order valence-corrected chi connectivity index (χ3v) is 5.68. The molecule has 2 aromatic rings. The Hall–Kier alpha value is -1.80. The van der Waals surface area contributed by atoms with Crippen LogP contribution in [0.5, 0.6) is 5.75 Å². The molecule has 2 aromatic carbocycles. The largest absolute Gasteiger partial charge is 0.490 e. The van der Waals surface area contributed by atoms with Crippen LogP contribution in [-0.4, -0.2) is 6.10 Å². The van der Waals surface area contributed by atoms with Crippen molar-refractivity contribution in [2.24, 2.45) is 0 Å². The topological polar surface area (TPSA) is 21.3 Å². The number of hydrogen-bond acceptors (Lipinski definition) is 2. The van der Waals surface area contributed by atoms with Gasteiger partial charge in [-0.15, -0.1) is 0 Å². The van der Waals surface area contributed by atoms with Gasteiger partial charge in [0.2, 0.25) is 0 Å². The van der Waals surface area contributed by atoms with Crippen molar-refractivity contribution in [1.82, 2.24) is 5.32 Å². The Balaban J connectivity index is 1.38. The van der Waals surface area contributed by atoms with Crippen LogP contribution in [0.25, 0.3) is 0 Å². The molecule has 132 valence electrons. The Kier molecular flexibility index (Phi) is 5.37. The van der Waals surface area contributed by atoms with Crippen molar-refractivity contribution >= 4 is 0 Å². The predicted molar refractivity (Wildman–Crippen MR) is 103 cm³/mol. The van der Waals surface area contributed by atoms with E-state index in [1.54, 1.807) is 0 Å². The first-order chi connectivity index (χ1) is 12.4. The molecule has 2 nitrogen and oxygen atoms in total. The molecule has 0 unspecified atom stereocenters. The molecule has 0 radical (unpaired) electrons. The van der Waals surface area contributed by atoms with Crippen LogP contribution in [0.4, 0.5) is 0 Å². The molecule has 1 atom stereocenters. The van der Waals surface area contributed by atoms with Crippen molar-refractivity contribution in [2.45, 2.75) is 70.1 Å². The van der Waals surface area contributed by atoms with Crippen molar-refractivity contribution in [1.29, 1.82) is 0 Å². The summed E-state index contributed by atoms with van der Waals surface area (Å²) in [5.41, 5.74) is 4.32. The minimum Gasteiger partial charge on any atom is -0.490 e. The maximum Gasteiger partial charge on any atom is 0.120 e. The van der Waals surface area contributed by atoms with Gasteiger partial charge in [0.05, 0.1) is 6.10 Å². The number of fused-ring (bicyclic) bond motifs is 1. The summed E-state index contributed by atoms with van der Waals surface area (Å²) in [6, 6.07) is 18.0. The van der Waals surface area contributed by atoms with Crippen LogP contribution in [0.3, 0.4) is 0 Å². The third-order valence-electron chi connectivity index (χ3n) is 5.68. The van der Waals surface area contributed by atoms with Gasteiger partial charge in [-0.2, -0.15) is 0 Å². The molecule has 1 N–H and O–H groups in total. The maximum atomic E-state index is 6.22. The highest BCUT2D eigenvalue weighted by Crippen LogP contribution is 2.30. The summed E-state index contributed by atoms with van der Waals surface area (Å²) in [5.74, 6) is 1.04. The summed E-state index contributed by atoms with van der Waals surface area (Å²) in [6.07, 6.45) is 10.6. The van der Waals surface area contributed by atoms with Gasteiger partial charge < -0.3 is 10.1 Å². The van der Waals surface area contributed by atoms with Crippen LogP contribution in [0, 0.1) is 0 Å². The molecule has 4 rings (SSSR count). The molecular weight excluding hydrogens is 306 g/mol. The molecule has 1 fully saturated rings. The molecule has 0 heterocycles.